The Morgan fingerprint density at radius 1 is 1.18 bits per heavy atom. The third-order valence-electron chi connectivity index (χ3n) is 5.04. The maximum absolute atomic E-state index is 13.3. The molecule has 0 unspecified atom stereocenters. The zero-order valence-corrected chi connectivity index (χ0v) is 18.5. The van der Waals surface area contributed by atoms with E-state index in [1.165, 1.54) is 31.1 Å². The molecule has 0 fully saturated rings. The number of hydrogen-bond donors (Lipinski definition) is 0. The lowest BCUT2D eigenvalue weighted by molar-refractivity contribution is -0.137. The molecule has 3 rings (SSSR count). The first kappa shape index (κ1) is 24.7. The van der Waals surface area contributed by atoms with Crippen LogP contribution in [-0.4, -0.2) is 40.8 Å². The molecule has 0 N–H and O–H groups in total. The maximum Gasteiger partial charge on any atom is 0.416 e. The first-order valence-corrected chi connectivity index (χ1v) is 10.2. The van der Waals surface area contributed by atoms with Crippen LogP contribution in [0.1, 0.15) is 32.9 Å². The smallest absolute Gasteiger partial charge is 0.383 e. The Kier molecular flexibility index (Phi) is 7.48. The molecule has 1 aromatic heterocycles. The summed E-state index contributed by atoms with van der Waals surface area (Å²) < 4.78 is 45.7. The third kappa shape index (κ3) is 5.68. The van der Waals surface area contributed by atoms with Crippen LogP contribution in [0.25, 0.3) is 5.69 Å². The van der Waals surface area contributed by atoms with Gasteiger partial charge in [-0.15, -0.1) is 0 Å². The molecule has 1 amide bonds. The number of aryl methyl sites for hydroxylation is 1. The summed E-state index contributed by atoms with van der Waals surface area (Å²) in [6.07, 6.45) is -4.56. The standard InChI is InChI=1S/C24H21F3N4O3/c1-16-12-21(32)22(29-31(16)20-5-3-4-19(13-20)24(25,26)27)23(33)30(10-11-34-2)15-18-8-6-17(14-28)7-9-18/h3-9,12-13H,10-11,15H2,1-2H3. The molecule has 0 spiro atoms. The Morgan fingerprint density at radius 3 is 2.50 bits per heavy atom. The van der Waals surface area contributed by atoms with Crippen LogP contribution in [0.5, 0.6) is 0 Å². The van der Waals surface area contributed by atoms with Crippen molar-refractivity contribution in [1.82, 2.24) is 14.7 Å². The lowest BCUT2D eigenvalue weighted by Crippen LogP contribution is -2.38. The highest BCUT2D eigenvalue weighted by atomic mass is 19.4. The number of alkyl halides is 3. The van der Waals surface area contributed by atoms with E-state index in [-0.39, 0.29) is 31.1 Å². The number of halogens is 3. The molecule has 0 aliphatic carbocycles. The lowest BCUT2D eigenvalue weighted by atomic mass is 10.1. The first-order chi connectivity index (χ1) is 16.1. The van der Waals surface area contributed by atoms with E-state index >= 15 is 0 Å². The Bertz CT molecular complexity index is 1280. The summed E-state index contributed by atoms with van der Waals surface area (Å²) in [6, 6.07) is 14.2. The summed E-state index contributed by atoms with van der Waals surface area (Å²) in [6.45, 7) is 1.97. The number of nitrogens with zero attached hydrogens (tertiary/aromatic N) is 4. The van der Waals surface area contributed by atoms with Crippen LogP contribution in [0.3, 0.4) is 0 Å². The summed E-state index contributed by atoms with van der Waals surface area (Å²) in [4.78, 5) is 27.3. The highest BCUT2D eigenvalue weighted by Gasteiger charge is 2.31. The number of ether oxygens (including phenoxy) is 1. The summed E-state index contributed by atoms with van der Waals surface area (Å²) in [7, 11) is 1.47. The van der Waals surface area contributed by atoms with E-state index in [9.17, 15) is 22.8 Å². The summed E-state index contributed by atoms with van der Waals surface area (Å²) in [5, 5.41) is 13.1. The van der Waals surface area contributed by atoms with Gasteiger partial charge < -0.3 is 9.64 Å². The molecule has 2 aromatic carbocycles. The molecule has 0 atom stereocenters. The van der Waals surface area contributed by atoms with Crippen molar-refractivity contribution in [3.63, 3.8) is 0 Å². The minimum atomic E-state index is -4.56. The van der Waals surface area contributed by atoms with Gasteiger partial charge in [0.25, 0.3) is 5.91 Å². The van der Waals surface area contributed by atoms with E-state index < -0.39 is 28.8 Å². The largest absolute Gasteiger partial charge is 0.416 e. The predicted molar refractivity (Wildman–Crippen MR) is 117 cm³/mol. The molecule has 7 nitrogen and oxygen atoms in total. The number of hydrogen-bond acceptors (Lipinski definition) is 5. The minimum Gasteiger partial charge on any atom is -0.383 e. The Balaban J connectivity index is 2.00. The summed E-state index contributed by atoms with van der Waals surface area (Å²) in [5.41, 5.74) is -0.425. The molecular weight excluding hydrogens is 449 g/mol. The molecule has 0 radical (unpaired) electrons. The Morgan fingerprint density at radius 2 is 1.88 bits per heavy atom. The van der Waals surface area contributed by atoms with Gasteiger partial charge in [-0.1, -0.05) is 18.2 Å². The molecule has 0 saturated carbocycles. The van der Waals surface area contributed by atoms with Crippen LogP contribution >= 0.6 is 0 Å². The van der Waals surface area contributed by atoms with Crippen LogP contribution in [0, 0.1) is 18.3 Å². The monoisotopic (exact) mass is 470 g/mol. The Hall–Kier alpha value is -3.97. The molecule has 0 saturated heterocycles. The maximum atomic E-state index is 13.3. The van der Waals surface area contributed by atoms with Gasteiger partial charge in [0.2, 0.25) is 5.43 Å². The van der Waals surface area contributed by atoms with Crippen LogP contribution in [0.4, 0.5) is 13.2 Å². The van der Waals surface area contributed by atoms with Crippen molar-refractivity contribution in [3.05, 3.63) is 92.9 Å². The van der Waals surface area contributed by atoms with Gasteiger partial charge in [0.05, 0.1) is 29.5 Å². The van der Waals surface area contributed by atoms with Crippen molar-refractivity contribution < 1.29 is 22.7 Å². The van der Waals surface area contributed by atoms with Crippen molar-refractivity contribution in [2.45, 2.75) is 19.6 Å². The zero-order valence-electron chi connectivity index (χ0n) is 18.5. The molecule has 10 heteroatoms. The highest BCUT2D eigenvalue weighted by Crippen LogP contribution is 2.30. The molecular formula is C24H21F3N4O3. The normalized spacial score (nSPS) is 11.2. The second-order valence-electron chi connectivity index (χ2n) is 7.49. The van der Waals surface area contributed by atoms with E-state index in [4.69, 9.17) is 10.00 Å². The fraction of sp³-hybridized carbons (Fsp3) is 0.250. The van der Waals surface area contributed by atoms with Gasteiger partial charge in [0.1, 0.15) is 0 Å². The van der Waals surface area contributed by atoms with E-state index in [1.807, 2.05) is 6.07 Å². The second kappa shape index (κ2) is 10.3. The van der Waals surface area contributed by atoms with Crippen molar-refractivity contribution in [3.8, 4) is 11.8 Å². The van der Waals surface area contributed by atoms with Crippen molar-refractivity contribution >= 4 is 5.91 Å². The van der Waals surface area contributed by atoms with E-state index in [2.05, 4.69) is 5.10 Å². The second-order valence-corrected chi connectivity index (χ2v) is 7.49. The number of carbonyl (C=O) groups is 1. The average molecular weight is 470 g/mol. The average Bonchev–Trinajstić information content (AvgIpc) is 2.81. The quantitative estimate of drug-likeness (QED) is 0.525. The van der Waals surface area contributed by atoms with Gasteiger partial charge in [0.15, 0.2) is 5.69 Å². The first-order valence-electron chi connectivity index (χ1n) is 10.2. The summed E-state index contributed by atoms with van der Waals surface area (Å²) >= 11 is 0. The molecule has 34 heavy (non-hydrogen) atoms. The number of benzene rings is 2. The van der Waals surface area contributed by atoms with Crippen molar-refractivity contribution in [2.24, 2.45) is 0 Å². The highest BCUT2D eigenvalue weighted by molar-refractivity contribution is 5.92. The van der Waals surface area contributed by atoms with E-state index in [0.29, 0.717) is 11.1 Å². The third-order valence-corrected chi connectivity index (χ3v) is 5.04. The Labute approximate surface area is 193 Å². The SMILES string of the molecule is COCCN(Cc1ccc(C#N)cc1)C(=O)c1nn(-c2cccc(C(F)(F)F)c2)c(C)cc1=O. The van der Waals surface area contributed by atoms with Crippen LogP contribution in [0.2, 0.25) is 0 Å². The molecule has 0 aliphatic rings. The zero-order chi connectivity index (χ0) is 24.9. The number of methoxy groups -OCH3 is 1. The summed E-state index contributed by atoms with van der Waals surface area (Å²) in [5.74, 6) is -0.688. The van der Waals surface area contributed by atoms with Crippen LogP contribution < -0.4 is 5.43 Å². The van der Waals surface area contributed by atoms with Gasteiger partial charge in [-0.2, -0.15) is 23.5 Å². The number of carbonyl (C=O) groups excluding carboxylic acids is 1. The fourth-order valence-electron chi connectivity index (χ4n) is 3.28. The molecule has 0 bridgehead atoms. The number of amides is 1. The molecule has 1 heterocycles. The number of nitriles is 1. The van der Waals surface area contributed by atoms with Crippen molar-refractivity contribution in [2.75, 3.05) is 20.3 Å². The molecule has 176 valence electrons. The van der Waals surface area contributed by atoms with E-state index in [1.54, 1.807) is 24.3 Å². The molecule has 0 aliphatic heterocycles. The van der Waals surface area contributed by atoms with Crippen molar-refractivity contribution in [1.29, 1.82) is 5.26 Å². The molecule has 3 aromatic rings. The van der Waals surface area contributed by atoms with Crippen LogP contribution in [-0.2, 0) is 17.5 Å². The van der Waals surface area contributed by atoms with Gasteiger partial charge in [0, 0.05) is 32.0 Å². The topological polar surface area (TPSA) is 88.2 Å². The van der Waals surface area contributed by atoms with E-state index in [0.717, 1.165) is 22.9 Å². The number of rotatable bonds is 7. The van der Waals surface area contributed by atoms with Gasteiger partial charge >= 0.3 is 6.18 Å². The number of aromatic nitrogens is 2. The van der Waals surface area contributed by atoms with Gasteiger partial charge in [-0.25, -0.2) is 4.68 Å². The lowest BCUT2D eigenvalue weighted by Gasteiger charge is -2.22. The van der Waals surface area contributed by atoms with Gasteiger partial charge in [-0.3, -0.25) is 9.59 Å². The minimum absolute atomic E-state index is 0.0666. The van der Waals surface area contributed by atoms with Crippen LogP contribution in [0.15, 0.2) is 59.4 Å². The van der Waals surface area contributed by atoms with Gasteiger partial charge in [-0.05, 0) is 42.8 Å². The fourth-order valence-corrected chi connectivity index (χ4v) is 3.28. The predicted octanol–water partition coefficient (Wildman–Crippen LogP) is 3.72.